The van der Waals surface area contributed by atoms with Crippen LogP contribution >= 0.6 is 0 Å². The van der Waals surface area contributed by atoms with E-state index in [0.29, 0.717) is 5.92 Å². The van der Waals surface area contributed by atoms with E-state index in [4.69, 9.17) is 4.52 Å². The number of nitrogens with zero attached hydrogens (tertiary/aromatic N) is 2. The largest absolute Gasteiger partial charge is 0.339 e. The highest BCUT2D eigenvalue weighted by atomic mass is 16.5. The summed E-state index contributed by atoms with van der Waals surface area (Å²) < 4.78 is 5.10. The molecule has 0 bridgehead atoms. The van der Waals surface area contributed by atoms with Crippen LogP contribution in [0, 0.1) is 5.92 Å². The van der Waals surface area contributed by atoms with Gasteiger partial charge in [0.2, 0.25) is 5.89 Å². The van der Waals surface area contributed by atoms with Crippen molar-refractivity contribution in [3.05, 3.63) is 11.7 Å². The van der Waals surface area contributed by atoms with Crippen molar-refractivity contribution in [3.8, 4) is 0 Å². The van der Waals surface area contributed by atoms with Crippen molar-refractivity contribution >= 4 is 0 Å². The Balaban J connectivity index is 2.63. The number of aromatic nitrogens is 2. The first-order chi connectivity index (χ1) is 6.13. The second-order valence-corrected chi connectivity index (χ2v) is 3.65. The molecule has 4 nitrogen and oxygen atoms in total. The molecule has 1 N–H and O–H groups in total. The zero-order valence-corrected chi connectivity index (χ0v) is 8.66. The molecule has 13 heavy (non-hydrogen) atoms. The minimum absolute atomic E-state index is 0.157. The summed E-state index contributed by atoms with van der Waals surface area (Å²) in [4.78, 5) is 4.28. The van der Waals surface area contributed by atoms with Crippen LogP contribution in [0.4, 0.5) is 0 Å². The maximum absolute atomic E-state index is 5.10. The molecular formula is C9H17N3O. The maximum Gasteiger partial charge on any atom is 0.226 e. The molecule has 0 spiro atoms. The normalized spacial score (nSPS) is 13.6. The minimum atomic E-state index is 0.157. The smallest absolute Gasteiger partial charge is 0.226 e. The van der Waals surface area contributed by atoms with Gasteiger partial charge in [0, 0.05) is 6.42 Å². The first kappa shape index (κ1) is 10.2. The van der Waals surface area contributed by atoms with Gasteiger partial charge in [-0.2, -0.15) is 4.98 Å². The molecule has 0 radical (unpaired) electrons. The lowest BCUT2D eigenvalue weighted by Crippen LogP contribution is -2.13. The van der Waals surface area contributed by atoms with E-state index < -0.39 is 0 Å². The van der Waals surface area contributed by atoms with Crippen LogP contribution in [-0.2, 0) is 6.42 Å². The fourth-order valence-electron chi connectivity index (χ4n) is 1.01. The molecule has 1 atom stereocenters. The lowest BCUT2D eigenvalue weighted by atomic mass is 10.1. The lowest BCUT2D eigenvalue weighted by molar-refractivity contribution is 0.355. The molecule has 0 aliphatic rings. The highest BCUT2D eigenvalue weighted by Crippen LogP contribution is 2.10. The van der Waals surface area contributed by atoms with E-state index in [0.717, 1.165) is 18.1 Å². The van der Waals surface area contributed by atoms with Gasteiger partial charge in [0.05, 0.1) is 6.04 Å². The van der Waals surface area contributed by atoms with Crippen molar-refractivity contribution in [1.29, 1.82) is 0 Å². The lowest BCUT2D eigenvalue weighted by Gasteiger charge is -2.01. The third-order valence-corrected chi connectivity index (χ3v) is 1.89. The predicted octanol–water partition coefficient (Wildman–Crippen LogP) is 1.55. The summed E-state index contributed by atoms with van der Waals surface area (Å²) in [5.74, 6) is 2.02. The van der Waals surface area contributed by atoms with Crippen molar-refractivity contribution in [2.75, 3.05) is 7.05 Å². The summed E-state index contributed by atoms with van der Waals surface area (Å²) in [7, 11) is 1.88. The van der Waals surface area contributed by atoms with E-state index in [1.165, 1.54) is 0 Å². The van der Waals surface area contributed by atoms with E-state index in [2.05, 4.69) is 29.3 Å². The Labute approximate surface area is 78.7 Å². The van der Waals surface area contributed by atoms with E-state index in [1.54, 1.807) is 0 Å². The molecule has 4 heteroatoms. The molecular weight excluding hydrogens is 166 g/mol. The van der Waals surface area contributed by atoms with Crippen LogP contribution in [0.5, 0.6) is 0 Å². The molecule has 0 fully saturated rings. The van der Waals surface area contributed by atoms with Crippen LogP contribution in [0.1, 0.15) is 38.5 Å². The van der Waals surface area contributed by atoms with E-state index in [9.17, 15) is 0 Å². The summed E-state index contributed by atoms with van der Waals surface area (Å²) in [6, 6.07) is 0.157. The monoisotopic (exact) mass is 183 g/mol. The molecule has 74 valence electrons. The van der Waals surface area contributed by atoms with Gasteiger partial charge < -0.3 is 9.84 Å². The molecule has 1 aromatic rings. The van der Waals surface area contributed by atoms with Gasteiger partial charge in [-0.3, -0.25) is 0 Å². The summed E-state index contributed by atoms with van der Waals surface area (Å²) in [6.45, 7) is 6.26. The molecule has 0 aromatic carbocycles. The molecule has 0 aliphatic heterocycles. The molecule has 0 amide bonds. The van der Waals surface area contributed by atoms with Crippen molar-refractivity contribution in [2.24, 2.45) is 5.92 Å². The third kappa shape index (κ3) is 2.81. The summed E-state index contributed by atoms with van der Waals surface area (Å²) >= 11 is 0. The van der Waals surface area contributed by atoms with E-state index >= 15 is 0 Å². The molecule has 1 rings (SSSR count). The molecule has 0 saturated carbocycles. The van der Waals surface area contributed by atoms with Crippen molar-refractivity contribution in [1.82, 2.24) is 15.5 Å². The fourth-order valence-corrected chi connectivity index (χ4v) is 1.01. The van der Waals surface area contributed by atoms with Crippen LogP contribution in [0.3, 0.4) is 0 Å². The Hall–Kier alpha value is -0.900. The maximum atomic E-state index is 5.10. The molecule has 0 saturated heterocycles. The fraction of sp³-hybridized carbons (Fsp3) is 0.778. The molecule has 1 aromatic heterocycles. The van der Waals surface area contributed by atoms with Gasteiger partial charge in [-0.1, -0.05) is 19.0 Å². The Morgan fingerprint density at radius 2 is 2.08 bits per heavy atom. The van der Waals surface area contributed by atoms with Gasteiger partial charge in [-0.15, -0.1) is 0 Å². The van der Waals surface area contributed by atoms with Crippen LogP contribution in [0.25, 0.3) is 0 Å². The summed E-state index contributed by atoms with van der Waals surface area (Å²) in [6.07, 6.45) is 0.851. The number of rotatable bonds is 4. The molecule has 0 aliphatic carbocycles. The Kier molecular flexibility index (Phi) is 3.42. The summed E-state index contributed by atoms with van der Waals surface area (Å²) in [5.41, 5.74) is 0. The van der Waals surface area contributed by atoms with Gasteiger partial charge in [0.25, 0.3) is 0 Å². The van der Waals surface area contributed by atoms with Crippen molar-refractivity contribution < 1.29 is 4.52 Å². The van der Waals surface area contributed by atoms with Crippen LogP contribution in [0.2, 0.25) is 0 Å². The molecule has 1 heterocycles. The number of hydrogen-bond donors (Lipinski definition) is 1. The number of nitrogens with one attached hydrogen (secondary N) is 1. The first-order valence-electron chi connectivity index (χ1n) is 4.63. The first-order valence-corrected chi connectivity index (χ1v) is 4.63. The zero-order valence-electron chi connectivity index (χ0n) is 8.66. The van der Waals surface area contributed by atoms with Gasteiger partial charge in [0.1, 0.15) is 0 Å². The van der Waals surface area contributed by atoms with Crippen molar-refractivity contribution in [3.63, 3.8) is 0 Å². The number of hydrogen-bond acceptors (Lipinski definition) is 4. The highest BCUT2D eigenvalue weighted by Gasteiger charge is 2.12. The Bertz CT molecular complexity index is 257. The van der Waals surface area contributed by atoms with Gasteiger partial charge in [-0.05, 0) is 19.9 Å². The van der Waals surface area contributed by atoms with Crippen LogP contribution < -0.4 is 5.32 Å². The SMILES string of the molecule is CNC(C)c1noc(CC(C)C)n1. The predicted molar refractivity (Wildman–Crippen MR) is 50.3 cm³/mol. The zero-order chi connectivity index (χ0) is 9.84. The average Bonchev–Trinajstić information content (AvgIpc) is 2.50. The Morgan fingerprint density at radius 3 is 2.62 bits per heavy atom. The van der Waals surface area contributed by atoms with Crippen molar-refractivity contribution in [2.45, 2.75) is 33.2 Å². The second kappa shape index (κ2) is 4.37. The van der Waals surface area contributed by atoms with Gasteiger partial charge in [-0.25, -0.2) is 0 Å². The molecule has 1 unspecified atom stereocenters. The highest BCUT2D eigenvalue weighted by molar-refractivity contribution is 4.92. The van der Waals surface area contributed by atoms with Crippen LogP contribution in [0.15, 0.2) is 4.52 Å². The van der Waals surface area contributed by atoms with Crippen LogP contribution in [-0.4, -0.2) is 17.2 Å². The average molecular weight is 183 g/mol. The topological polar surface area (TPSA) is 51.0 Å². The van der Waals surface area contributed by atoms with E-state index in [-0.39, 0.29) is 6.04 Å². The third-order valence-electron chi connectivity index (χ3n) is 1.89. The van der Waals surface area contributed by atoms with Gasteiger partial charge >= 0.3 is 0 Å². The van der Waals surface area contributed by atoms with Gasteiger partial charge in [0.15, 0.2) is 5.82 Å². The second-order valence-electron chi connectivity index (χ2n) is 3.65. The Morgan fingerprint density at radius 1 is 1.38 bits per heavy atom. The summed E-state index contributed by atoms with van der Waals surface area (Å²) in [5, 5.41) is 6.95. The minimum Gasteiger partial charge on any atom is -0.339 e. The van der Waals surface area contributed by atoms with E-state index in [1.807, 2.05) is 14.0 Å². The standard InChI is InChI=1S/C9H17N3O/c1-6(2)5-8-11-9(12-13-8)7(3)10-4/h6-7,10H,5H2,1-4H3. The quantitative estimate of drug-likeness (QED) is 0.769.